The summed E-state index contributed by atoms with van der Waals surface area (Å²) < 4.78 is 2.22. The Kier molecular flexibility index (Phi) is 5.46. The van der Waals surface area contributed by atoms with Gasteiger partial charge in [-0.2, -0.15) is 5.26 Å². The van der Waals surface area contributed by atoms with Crippen LogP contribution in [0.15, 0.2) is 133 Å². The molecule has 0 aliphatic heterocycles. The van der Waals surface area contributed by atoms with E-state index in [0.29, 0.717) is 11.4 Å². The highest BCUT2D eigenvalue weighted by molar-refractivity contribution is 6.09. The van der Waals surface area contributed by atoms with E-state index < -0.39 is 0 Å². The van der Waals surface area contributed by atoms with Crippen molar-refractivity contribution in [1.29, 1.82) is 5.26 Å². The van der Waals surface area contributed by atoms with Crippen LogP contribution in [0.3, 0.4) is 0 Å². The van der Waals surface area contributed by atoms with E-state index in [4.69, 9.17) is 9.97 Å². The first-order valence-corrected chi connectivity index (χ1v) is 12.8. The zero-order valence-electron chi connectivity index (χ0n) is 21.0. The van der Waals surface area contributed by atoms with Crippen molar-refractivity contribution in [3.63, 3.8) is 0 Å². The average Bonchev–Trinajstić information content (AvgIpc) is 3.36. The van der Waals surface area contributed by atoms with Gasteiger partial charge >= 0.3 is 0 Å². The van der Waals surface area contributed by atoms with Crippen LogP contribution in [0.1, 0.15) is 5.56 Å². The standard InChI is InChI=1S/C35H22N4/c36-23-24-19-20-29(34(21-24)39-32-17-9-7-15-27(32)28-16-8-10-18-33(28)39)35-37-30(25-11-3-1-4-12-25)22-31(38-35)26-13-5-2-6-14-26/h1-22H. The van der Waals surface area contributed by atoms with E-state index >= 15 is 0 Å². The van der Waals surface area contributed by atoms with E-state index in [0.717, 1.165) is 55.6 Å². The van der Waals surface area contributed by atoms with E-state index in [1.807, 2.05) is 72.8 Å². The fourth-order valence-electron chi connectivity index (χ4n) is 5.24. The first-order chi connectivity index (χ1) is 19.3. The second-order valence-corrected chi connectivity index (χ2v) is 9.41. The molecular formula is C35H22N4. The number of fused-ring (bicyclic) bond motifs is 3. The van der Waals surface area contributed by atoms with Gasteiger partial charge in [0.1, 0.15) is 0 Å². The van der Waals surface area contributed by atoms with Crippen LogP contribution in [0.25, 0.3) is 61.4 Å². The van der Waals surface area contributed by atoms with Crippen LogP contribution in [0.5, 0.6) is 0 Å². The Bertz CT molecular complexity index is 1910. The summed E-state index contributed by atoms with van der Waals surface area (Å²) in [5, 5.41) is 12.2. The lowest BCUT2D eigenvalue weighted by atomic mass is 10.0. The van der Waals surface area contributed by atoms with E-state index in [1.165, 1.54) is 0 Å². The molecule has 2 aromatic heterocycles. The number of benzene rings is 5. The van der Waals surface area contributed by atoms with Gasteiger partial charge in [0.2, 0.25) is 0 Å². The van der Waals surface area contributed by atoms with Crippen molar-refractivity contribution < 1.29 is 0 Å². The monoisotopic (exact) mass is 498 g/mol. The largest absolute Gasteiger partial charge is 0.308 e. The lowest BCUT2D eigenvalue weighted by Gasteiger charge is -2.15. The minimum Gasteiger partial charge on any atom is -0.308 e. The van der Waals surface area contributed by atoms with E-state index in [-0.39, 0.29) is 0 Å². The molecular weight excluding hydrogens is 476 g/mol. The molecule has 7 rings (SSSR count). The molecule has 4 heteroatoms. The van der Waals surface area contributed by atoms with Gasteiger partial charge in [0.05, 0.1) is 39.7 Å². The van der Waals surface area contributed by atoms with Crippen LogP contribution < -0.4 is 0 Å². The Morgan fingerprint density at radius 3 is 1.59 bits per heavy atom. The molecule has 0 fully saturated rings. The lowest BCUT2D eigenvalue weighted by Crippen LogP contribution is -2.02. The van der Waals surface area contributed by atoms with Crippen molar-refractivity contribution in [2.45, 2.75) is 0 Å². The highest BCUT2D eigenvalue weighted by Gasteiger charge is 2.19. The minimum absolute atomic E-state index is 0.582. The van der Waals surface area contributed by atoms with Crippen molar-refractivity contribution in [1.82, 2.24) is 14.5 Å². The first kappa shape index (κ1) is 22.7. The Morgan fingerprint density at radius 1 is 0.538 bits per heavy atom. The molecule has 0 unspecified atom stereocenters. The SMILES string of the molecule is N#Cc1ccc(-c2nc(-c3ccccc3)cc(-c3ccccc3)n2)c(-n2c3ccccc3c3ccccc32)c1. The third kappa shape index (κ3) is 3.94. The van der Waals surface area contributed by atoms with Gasteiger partial charge in [0.25, 0.3) is 0 Å². The molecule has 0 N–H and O–H groups in total. The molecule has 0 atom stereocenters. The number of rotatable bonds is 4. The molecule has 182 valence electrons. The summed E-state index contributed by atoms with van der Waals surface area (Å²) in [6.45, 7) is 0. The maximum Gasteiger partial charge on any atom is 0.162 e. The third-order valence-electron chi connectivity index (χ3n) is 7.05. The Morgan fingerprint density at radius 2 is 1.05 bits per heavy atom. The van der Waals surface area contributed by atoms with E-state index in [2.05, 4.69) is 71.3 Å². The van der Waals surface area contributed by atoms with Gasteiger partial charge in [-0.05, 0) is 36.4 Å². The molecule has 0 aliphatic rings. The van der Waals surface area contributed by atoms with Crippen LogP contribution in [0.2, 0.25) is 0 Å². The minimum atomic E-state index is 0.582. The summed E-state index contributed by atoms with van der Waals surface area (Å²) in [5.74, 6) is 0.608. The van der Waals surface area contributed by atoms with Crippen LogP contribution in [-0.2, 0) is 0 Å². The first-order valence-electron chi connectivity index (χ1n) is 12.8. The summed E-state index contributed by atoms with van der Waals surface area (Å²) in [6.07, 6.45) is 0. The van der Waals surface area contributed by atoms with E-state index in [9.17, 15) is 5.26 Å². The molecule has 39 heavy (non-hydrogen) atoms. The maximum absolute atomic E-state index is 9.84. The molecule has 0 bridgehead atoms. The summed E-state index contributed by atoms with van der Waals surface area (Å²) >= 11 is 0. The second kappa shape index (κ2) is 9.41. The molecule has 5 aromatic carbocycles. The number of para-hydroxylation sites is 2. The summed E-state index contributed by atoms with van der Waals surface area (Å²) in [7, 11) is 0. The average molecular weight is 499 g/mol. The van der Waals surface area contributed by atoms with Crippen molar-refractivity contribution >= 4 is 21.8 Å². The quantitative estimate of drug-likeness (QED) is 0.245. The molecule has 0 saturated heterocycles. The van der Waals surface area contributed by atoms with Crippen molar-refractivity contribution in [2.75, 3.05) is 0 Å². The van der Waals surface area contributed by atoms with Crippen molar-refractivity contribution in [3.05, 3.63) is 139 Å². The van der Waals surface area contributed by atoms with Gasteiger partial charge in [-0.1, -0.05) is 97.1 Å². The van der Waals surface area contributed by atoms with Gasteiger partial charge in [0.15, 0.2) is 5.82 Å². The zero-order valence-corrected chi connectivity index (χ0v) is 21.0. The number of hydrogen-bond donors (Lipinski definition) is 0. The van der Waals surface area contributed by atoms with Gasteiger partial charge in [0, 0.05) is 27.5 Å². The zero-order chi connectivity index (χ0) is 26.2. The molecule has 0 saturated carbocycles. The number of aromatic nitrogens is 3. The predicted octanol–water partition coefficient (Wildman–Crippen LogP) is 8.45. The number of nitriles is 1. The Balaban J connectivity index is 1.55. The topological polar surface area (TPSA) is 54.5 Å². The maximum atomic E-state index is 9.84. The fraction of sp³-hybridized carbons (Fsp3) is 0. The van der Waals surface area contributed by atoms with E-state index in [1.54, 1.807) is 0 Å². The fourth-order valence-corrected chi connectivity index (χ4v) is 5.24. The van der Waals surface area contributed by atoms with Gasteiger partial charge in [-0.25, -0.2) is 9.97 Å². The molecule has 7 aromatic rings. The number of hydrogen-bond acceptors (Lipinski definition) is 3. The van der Waals surface area contributed by atoms with Gasteiger partial charge in [-0.15, -0.1) is 0 Å². The Labute approximate surface area is 226 Å². The normalized spacial score (nSPS) is 11.1. The van der Waals surface area contributed by atoms with Gasteiger partial charge in [-0.3, -0.25) is 0 Å². The third-order valence-corrected chi connectivity index (χ3v) is 7.05. The Hall–Kier alpha value is -5.53. The van der Waals surface area contributed by atoms with Crippen molar-refractivity contribution in [3.8, 4) is 45.7 Å². The molecule has 0 amide bonds. The highest BCUT2D eigenvalue weighted by Crippen LogP contribution is 2.37. The molecule has 0 spiro atoms. The van der Waals surface area contributed by atoms with Crippen LogP contribution in [0, 0.1) is 11.3 Å². The smallest absolute Gasteiger partial charge is 0.162 e. The second-order valence-electron chi connectivity index (χ2n) is 9.41. The summed E-state index contributed by atoms with van der Waals surface area (Å²) in [4.78, 5) is 10.2. The predicted molar refractivity (Wildman–Crippen MR) is 157 cm³/mol. The summed E-state index contributed by atoms with van der Waals surface area (Å²) in [6, 6.07) is 47.2. The molecule has 2 heterocycles. The lowest BCUT2D eigenvalue weighted by molar-refractivity contribution is 1.14. The molecule has 0 radical (unpaired) electrons. The van der Waals surface area contributed by atoms with Gasteiger partial charge < -0.3 is 4.57 Å². The number of nitrogens with zero attached hydrogens (tertiary/aromatic N) is 4. The highest BCUT2D eigenvalue weighted by atomic mass is 15.0. The van der Waals surface area contributed by atoms with Crippen molar-refractivity contribution in [2.24, 2.45) is 0 Å². The summed E-state index contributed by atoms with van der Waals surface area (Å²) in [5.41, 5.74) is 8.17. The van der Waals surface area contributed by atoms with Crippen LogP contribution in [0.4, 0.5) is 0 Å². The van der Waals surface area contributed by atoms with Crippen LogP contribution in [-0.4, -0.2) is 14.5 Å². The molecule has 0 aliphatic carbocycles. The molecule has 4 nitrogen and oxygen atoms in total. The van der Waals surface area contributed by atoms with Crippen LogP contribution >= 0.6 is 0 Å².